The minimum atomic E-state index is -0.439. The third-order valence-electron chi connectivity index (χ3n) is 3.00. The van der Waals surface area contributed by atoms with Crippen LogP contribution in [0.25, 0.3) is 0 Å². The van der Waals surface area contributed by atoms with Crippen molar-refractivity contribution in [2.24, 2.45) is 0 Å². The number of carbonyl (C=O) groups excluding carboxylic acids is 2. The van der Waals surface area contributed by atoms with E-state index in [4.69, 9.17) is 23.2 Å². The summed E-state index contributed by atoms with van der Waals surface area (Å²) in [6, 6.07) is 7.62. The van der Waals surface area contributed by atoms with E-state index < -0.39 is 5.91 Å². The Morgan fingerprint density at radius 3 is 2.30 bits per heavy atom. The van der Waals surface area contributed by atoms with E-state index in [1.165, 1.54) is 36.5 Å². The molecule has 1 heterocycles. The molecule has 0 saturated heterocycles. The van der Waals surface area contributed by atoms with Crippen LogP contribution in [0.1, 0.15) is 10.4 Å². The van der Waals surface area contributed by atoms with Crippen LogP contribution in [0.2, 0.25) is 10.0 Å². The monoisotopic (exact) mass is 353 g/mol. The summed E-state index contributed by atoms with van der Waals surface area (Å²) in [7, 11) is 1.48. The van der Waals surface area contributed by atoms with Crippen molar-refractivity contribution < 1.29 is 14.3 Å². The molecule has 1 N–H and O–H groups in total. The van der Waals surface area contributed by atoms with Crippen molar-refractivity contribution in [2.75, 3.05) is 18.9 Å². The fraction of sp³-hybridized carbons (Fsp3) is 0.133. The molecule has 6 nitrogen and oxygen atoms in total. The molecule has 1 aromatic heterocycles. The van der Waals surface area contributed by atoms with Crippen LogP contribution in [0, 0.1) is 5.21 Å². The first kappa shape index (κ1) is 17.1. The molecule has 23 heavy (non-hydrogen) atoms. The third kappa shape index (κ3) is 4.34. The topological polar surface area (TPSA) is 76.4 Å². The van der Waals surface area contributed by atoms with E-state index in [2.05, 4.69) is 5.32 Å². The first-order valence-corrected chi connectivity index (χ1v) is 7.32. The zero-order valence-electron chi connectivity index (χ0n) is 12.1. The van der Waals surface area contributed by atoms with Crippen molar-refractivity contribution in [3.8, 4) is 0 Å². The molecule has 0 spiro atoms. The van der Waals surface area contributed by atoms with Gasteiger partial charge in [-0.15, -0.1) is 0 Å². The van der Waals surface area contributed by atoms with Gasteiger partial charge >= 0.3 is 0 Å². The number of benzene rings is 1. The number of amides is 2. The van der Waals surface area contributed by atoms with E-state index in [-0.39, 0.29) is 12.5 Å². The lowest BCUT2D eigenvalue weighted by molar-refractivity contribution is -0.605. The van der Waals surface area contributed by atoms with Gasteiger partial charge in [-0.25, -0.2) is 0 Å². The largest absolute Gasteiger partial charge is 0.619 e. The molecule has 0 saturated carbocycles. The summed E-state index contributed by atoms with van der Waals surface area (Å²) >= 11 is 11.9. The second-order valence-electron chi connectivity index (χ2n) is 4.75. The maximum Gasteiger partial charge on any atom is 0.254 e. The quantitative estimate of drug-likeness (QED) is 0.676. The van der Waals surface area contributed by atoms with Crippen molar-refractivity contribution >= 4 is 40.7 Å². The SMILES string of the molecule is CN(CC(=O)Nc1c(Cl)cccc1Cl)C(=O)c1cc[n+]([O-])cc1. The zero-order chi connectivity index (χ0) is 17.0. The van der Waals surface area contributed by atoms with Gasteiger partial charge in [0.05, 0.1) is 27.8 Å². The van der Waals surface area contributed by atoms with Crippen molar-refractivity contribution in [1.82, 2.24) is 4.90 Å². The lowest BCUT2D eigenvalue weighted by Gasteiger charge is -2.17. The Balaban J connectivity index is 2.02. The molecular formula is C15H13Cl2N3O3. The van der Waals surface area contributed by atoms with E-state index in [0.29, 0.717) is 26.0 Å². The van der Waals surface area contributed by atoms with Gasteiger partial charge in [0.15, 0.2) is 12.4 Å². The van der Waals surface area contributed by atoms with Crippen molar-refractivity contribution in [1.29, 1.82) is 0 Å². The maximum atomic E-state index is 12.2. The fourth-order valence-corrected chi connectivity index (χ4v) is 2.35. The van der Waals surface area contributed by atoms with E-state index in [0.717, 1.165) is 0 Å². The summed E-state index contributed by atoms with van der Waals surface area (Å²) in [6.07, 6.45) is 2.43. The van der Waals surface area contributed by atoms with Crippen LogP contribution in [-0.4, -0.2) is 30.3 Å². The highest BCUT2D eigenvalue weighted by Crippen LogP contribution is 2.29. The molecule has 0 unspecified atom stereocenters. The van der Waals surface area contributed by atoms with E-state index in [1.54, 1.807) is 18.2 Å². The number of carbonyl (C=O) groups is 2. The number of rotatable bonds is 4. The first-order valence-electron chi connectivity index (χ1n) is 6.56. The highest BCUT2D eigenvalue weighted by atomic mass is 35.5. The number of aromatic nitrogens is 1. The van der Waals surface area contributed by atoms with E-state index in [9.17, 15) is 14.8 Å². The van der Waals surface area contributed by atoms with E-state index in [1.807, 2.05) is 0 Å². The Morgan fingerprint density at radius 2 is 1.74 bits per heavy atom. The Hall–Kier alpha value is -2.31. The Kier molecular flexibility index (Phi) is 5.41. The van der Waals surface area contributed by atoms with Gasteiger partial charge in [0.2, 0.25) is 5.91 Å². The van der Waals surface area contributed by atoms with Gasteiger partial charge in [-0.05, 0) is 12.1 Å². The van der Waals surface area contributed by atoms with Gasteiger partial charge in [-0.3, -0.25) is 9.59 Å². The van der Waals surface area contributed by atoms with Crippen LogP contribution in [0.3, 0.4) is 0 Å². The number of nitrogens with zero attached hydrogens (tertiary/aromatic N) is 2. The predicted molar refractivity (Wildman–Crippen MR) is 87.5 cm³/mol. The molecule has 0 aliphatic rings. The summed E-state index contributed by atoms with van der Waals surface area (Å²) in [5.41, 5.74) is 0.608. The predicted octanol–water partition coefficient (Wildman–Crippen LogP) is 2.34. The van der Waals surface area contributed by atoms with Crippen molar-refractivity contribution in [3.05, 3.63) is 63.5 Å². The van der Waals surface area contributed by atoms with Crippen LogP contribution < -0.4 is 10.0 Å². The highest BCUT2D eigenvalue weighted by Gasteiger charge is 2.17. The maximum absolute atomic E-state index is 12.2. The minimum absolute atomic E-state index is 0.188. The molecule has 2 rings (SSSR count). The number of anilines is 1. The van der Waals surface area contributed by atoms with Gasteiger partial charge in [-0.2, -0.15) is 4.73 Å². The number of nitrogens with one attached hydrogen (secondary N) is 1. The van der Waals surface area contributed by atoms with Gasteiger partial charge in [0, 0.05) is 19.2 Å². The smallest absolute Gasteiger partial charge is 0.254 e. The molecule has 0 atom stereocenters. The van der Waals surface area contributed by atoms with Gasteiger partial charge in [0.25, 0.3) is 5.91 Å². The zero-order valence-corrected chi connectivity index (χ0v) is 13.6. The average Bonchev–Trinajstić information content (AvgIpc) is 2.51. The second-order valence-corrected chi connectivity index (χ2v) is 5.57. The highest BCUT2D eigenvalue weighted by molar-refractivity contribution is 6.39. The average molecular weight is 354 g/mol. The Morgan fingerprint density at radius 1 is 1.17 bits per heavy atom. The second kappa shape index (κ2) is 7.30. The van der Waals surface area contributed by atoms with Crippen LogP contribution in [0.15, 0.2) is 42.7 Å². The van der Waals surface area contributed by atoms with Gasteiger partial charge in [0.1, 0.15) is 0 Å². The number of halogens is 2. The van der Waals surface area contributed by atoms with Gasteiger partial charge < -0.3 is 15.4 Å². The van der Waals surface area contributed by atoms with Crippen molar-refractivity contribution in [3.63, 3.8) is 0 Å². The van der Waals surface area contributed by atoms with Crippen LogP contribution in [0.5, 0.6) is 0 Å². The normalized spacial score (nSPS) is 10.2. The number of hydrogen-bond donors (Lipinski definition) is 1. The molecule has 120 valence electrons. The molecule has 2 aromatic rings. The summed E-state index contributed by atoms with van der Waals surface area (Å²) in [5.74, 6) is -0.823. The fourth-order valence-electron chi connectivity index (χ4n) is 1.86. The summed E-state index contributed by atoms with van der Waals surface area (Å²) in [5, 5.41) is 14.2. The molecule has 0 fully saturated rings. The van der Waals surface area contributed by atoms with Crippen LogP contribution in [0.4, 0.5) is 5.69 Å². The standard InChI is InChI=1S/C15H13Cl2N3O3/c1-19(15(22)10-5-7-20(23)8-6-10)9-13(21)18-14-11(16)3-2-4-12(14)17/h2-8H,9H2,1H3,(H,18,21). The molecule has 8 heteroatoms. The molecule has 1 aromatic carbocycles. The molecule has 0 aliphatic carbocycles. The number of likely N-dealkylation sites (N-methyl/N-ethyl adjacent to an activating group) is 1. The van der Waals surface area contributed by atoms with E-state index >= 15 is 0 Å². The van der Waals surface area contributed by atoms with Crippen LogP contribution in [-0.2, 0) is 4.79 Å². The molecule has 0 bridgehead atoms. The molecule has 0 aliphatic heterocycles. The van der Waals surface area contributed by atoms with Crippen molar-refractivity contribution in [2.45, 2.75) is 0 Å². The Bertz CT molecular complexity index is 715. The van der Waals surface area contributed by atoms with Crippen LogP contribution >= 0.6 is 23.2 Å². The summed E-state index contributed by atoms with van der Waals surface area (Å²) in [4.78, 5) is 25.4. The number of para-hydroxylation sites is 1. The third-order valence-corrected chi connectivity index (χ3v) is 3.63. The summed E-state index contributed by atoms with van der Waals surface area (Å²) in [6.45, 7) is -0.188. The number of hydrogen-bond acceptors (Lipinski definition) is 3. The molecule has 0 radical (unpaired) electrons. The minimum Gasteiger partial charge on any atom is -0.619 e. The Labute approximate surface area is 142 Å². The van der Waals surface area contributed by atoms with Gasteiger partial charge in [-0.1, -0.05) is 29.3 Å². The lowest BCUT2D eigenvalue weighted by Crippen LogP contribution is -2.35. The number of pyridine rings is 1. The first-order chi connectivity index (χ1) is 10.9. The summed E-state index contributed by atoms with van der Waals surface area (Å²) < 4.78 is 0.572. The lowest BCUT2D eigenvalue weighted by atomic mass is 10.2. The molecular weight excluding hydrogens is 341 g/mol. The molecule has 2 amide bonds.